The highest BCUT2D eigenvalue weighted by molar-refractivity contribution is 7.99. The number of rotatable bonds is 1. The molecule has 19 heavy (non-hydrogen) atoms. The molecule has 2 aliphatic heterocycles. The van der Waals surface area contributed by atoms with Crippen LogP contribution in [0.4, 0.5) is 0 Å². The summed E-state index contributed by atoms with van der Waals surface area (Å²) in [6.45, 7) is 7.84. The van der Waals surface area contributed by atoms with E-state index in [9.17, 15) is 9.59 Å². The number of piperazine rings is 1. The third-order valence-electron chi connectivity index (χ3n) is 4.03. The van der Waals surface area contributed by atoms with Gasteiger partial charge in [0.15, 0.2) is 0 Å². The van der Waals surface area contributed by atoms with Crippen molar-refractivity contribution in [1.29, 1.82) is 0 Å². The van der Waals surface area contributed by atoms with E-state index >= 15 is 0 Å². The van der Waals surface area contributed by atoms with E-state index in [0.29, 0.717) is 0 Å². The van der Waals surface area contributed by atoms with Crippen LogP contribution >= 0.6 is 11.8 Å². The Morgan fingerprint density at radius 2 is 1.79 bits per heavy atom. The number of nitrogens with zero attached hydrogens (tertiary/aromatic N) is 1. The second kappa shape index (κ2) is 5.35. The van der Waals surface area contributed by atoms with Gasteiger partial charge in [0, 0.05) is 6.04 Å². The molecule has 2 heterocycles. The third kappa shape index (κ3) is 2.91. The Balaban J connectivity index is 2.23. The normalized spacial score (nSPS) is 30.4. The fourth-order valence-corrected chi connectivity index (χ4v) is 3.92. The van der Waals surface area contributed by atoms with Crippen LogP contribution in [0.1, 0.15) is 40.5 Å². The molecule has 108 valence electrons. The van der Waals surface area contributed by atoms with Gasteiger partial charge >= 0.3 is 0 Å². The summed E-state index contributed by atoms with van der Waals surface area (Å²) in [7, 11) is 0. The molecular weight excluding hydrogens is 260 g/mol. The van der Waals surface area contributed by atoms with Gasteiger partial charge in [-0.25, -0.2) is 0 Å². The Morgan fingerprint density at radius 3 is 2.32 bits per heavy atom. The molecule has 5 heteroatoms. The minimum Gasteiger partial charge on any atom is -0.342 e. The molecule has 0 saturated carbocycles. The van der Waals surface area contributed by atoms with Crippen LogP contribution in [0.25, 0.3) is 0 Å². The molecule has 2 rings (SSSR count). The van der Waals surface area contributed by atoms with Gasteiger partial charge in [-0.1, -0.05) is 20.8 Å². The first-order chi connectivity index (χ1) is 8.82. The topological polar surface area (TPSA) is 49.4 Å². The monoisotopic (exact) mass is 284 g/mol. The van der Waals surface area contributed by atoms with Gasteiger partial charge in [-0.2, -0.15) is 11.8 Å². The van der Waals surface area contributed by atoms with Gasteiger partial charge in [0.25, 0.3) is 0 Å². The van der Waals surface area contributed by atoms with Gasteiger partial charge in [-0.15, -0.1) is 0 Å². The summed E-state index contributed by atoms with van der Waals surface area (Å²) in [5.41, 5.74) is -0.242. The molecule has 0 aliphatic carbocycles. The minimum atomic E-state index is -0.397. The van der Waals surface area contributed by atoms with Gasteiger partial charge in [-0.3, -0.25) is 9.59 Å². The molecule has 0 aromatic carbocycles. The summed E-state index contributed by atoms with van der Waals surface area (Å²) in [5.74, 6) is 2.25. The Kier molecular flexibility index (Phi) is 4.14. The number of thioether (sulfide) groups is 1. The molecular formula is C14H24N2O2S. The molecule has 2 unspecified atom stereocenters. The van der Waals surface area contributed by atoms with E-state index in [1.54, 1.807) is 0 Å². The van der Waals surface area contributed by atoms with Crippen molar-refractivity contribution in [1.82, 2.24) is 10.2 Å². The minimum absolute atomic E-state index is 0.0160. The van der Waals surface area contributed by atoms with E-state index in [1.165, 1.54) is 0 Å². The Hall–Kier alpha value is -0.710. The molecule has 2 saturated heterocycles. The molecule has 4 nitrogen and oxygen atoms in total. The largest absolute Gasteiger partial charge is 0.342 e. The molecule has 2 atom stereocenters. The van der Waals surface area contributed by atoms with Gasteiger partial charge in [0.05, 0.1) is 0 Å². The lowest BCUT2D eigenvalue weighted by molar-refractivity contribution is -0.154. The number of hydrogen-bond acceptors (Lipinski definition) is 3. The van der Waals surface area contributed by atoms with Crippen LogP contribution in [0.3, 0.4) is 0 Å². The quantitative estimate of drug-likeness (QED) is 0.796. The number of amides is 2. The molecule has 0 bridgehead atoms. The van der Waals surface area contributed by atoms with Gasteiger partial charge < -0.3 is 10.2 Å². The summed E-state index contributed by atoms with van der Waals surface area (Å²) in [6, 6.07) is -0.496. The third-order valence-corrected chi connectivity index (χ3v) is 5.08. The van der Waals surface area contributed by atoms with Crippen LogP contribution in [0.15, 0.2) is 0 Å². The summed E-state index contributed by atoms with van der Waals surface area (Å²) < 4.78 is 0. The van der Waals surface area contributed by atoms with Gasteiger partial charge in [-0.05, 0) is 36.7 Å². The van der Waals surface area contributed by atoms with Crippen LogP contribution in [-0.2, 0) is 9.59 Å². The molecule has 0 radical (unpaired) electrons. The Labute approximate surface area is 119 Å². The van der Waals surface area contributed by atoms with Crippen molar-refractivity contribution in [3.8, 4) is 0 Å². The lowest BCUT2D eigenvalue weighted by Crippen LogP contribution is -2.68. The van der Waals surface area contributed by atoms with E-state index in [-0.39, 0.29) is 29.3 Å². The van der Waals surface area contributed by atoms with Gasteiger partial charge in [0.2, 0.25) is 11.8 Å². The van der Waals surface area contributed by atoms with Crippen LogP contribution in [0, 0.1) is 5.41 Å². The van der Waals surface area contributed by atoms with Crippen molar-refractivity contribution < 1.29 is 9.59 Å². The van der Waals surface area contributed by atoms with Crippen LogP contribution in [-0.4, -0.2) is 46.3 Å². The second-order valence-electron chi connectivity index (χ2n) is 6.57. The lowest BCUT2D eigenvalue weighted by Gasteiger charge is -2.46. The zero-order valence-electron chi connectivity index (χ0n) is 12.2. The zero-order chi connectivity index (χ0) is 14.2. The average Bonchev–Trinajstić information content (AvgIpc) is 2.34. The molecule has 0 aromatic heterocycles. The maximum Gasteiger partial charge on any atom is 0.246 e. The molecule has 2 fully saturated rings. The van der Waals surface area contributed by atoms with Crippen LogP contribution < -0.4 is 5.32 Å². The number of carbonyl (C=O) groups excluding carboxylic acids is 2. The van der Waals surface area contributed by atoms with Crippen molar-refractivity contribution in [3.63, 3.8) is 0 Å². The molecule has 2 amide bonds. The fraction of sp³-hybridized carbons (Fsp3) is 0.857. The highest BCUT2D eigenvalue weighted by atomic mass is 32.2. The fourth-order valence-electron chi connectivity index (χ4n) is 2.84. The van der Waals surface area contributed by atoms with Crippen LogP contribution in [0.5, 0.6) is 0 Å². The predicted octanol–water partition coefficient (Wildman–Crippen LogP) is 1.64. The van der Waals surface area contributed by atoms with E-state index in [0.717, 1.165) is 24.3 Å². The van der Waals surface area contributed by atoms with Crippen molar-refractivity contribution in [2.75, 3.05) is 11.5 Å². The van der Waals surface area contributed by atoms with E-state index in [1.807, 2.05) is 44.4 Å². The SMILES string of the molecule is CC1C(=O)NC(C(C)(C)C)C(=O)N1C1CCSCC1. The first-order valence-corrected chi connectivity index (χ1v) is 8.18. The lowest BCUT2D eigenvalue weighted by atomic mass is 9.83. The smallest absolute Gasteiger partial charge is 0.246 e. The van der Waals surface area contributed by atoms with Gasteiger partial charge in [0.1, 0.15) is 12.1 Å². The van der Waals surface area contributed by atoms with Crippen molar-refractivity contribution in [3.05, 3.63) is 0 Å². The van der Waals surface area contributed by atoms with Crippen molar-refractivity contribution in [2.45, 2.75) is 58.7 Å². The highest BCUT2D eigenvalue weighted by Gasteiger charge is 2.45. The summed E-state index contributed by atoms with van der Waals surface area (Å²) >= 11 is 1.93. The molecule has 1 N–H and O–H groups in total. The Morgan fingerprint density at radius 1 is 1.21 bits per heavy atom. The van der Waals surface area contributed by atoms with E-state index in [4.69, 9.17) is 0 Å². The second-order valence-corrected chi connectivity index (χ2v) is 7.80. The van der Waals surface area contributed by atoms with Crippen molar-refractivity contribution in [2.24, 2.45) is 5.41 Å². The average molecular weight is 284 g/mol. The van der Waals surface area contributed by atoms with E-state index in [2.05, 4.69) is 5.32 Å². The molecule has 0 aromatic rings. The summed E-state index contributed by atoms with van der Waals surface area (Å²) in [6.07, 6.45) is 2.01. The first kappa shape index (κ1) is 14.7. The maximum atomic E-state index is 12.7. The molecule has 0 spiro atoms. The van der Waals surface area contributed by atoms with Crippen molar-refractivity contribution >= 4 is 23.6 Å². The maximum absolute atomic E-state index is 12.7. The number of hydrogen-bond donors (Lipinski definition) is 1. The molecule has 2 aliphatic rings. The summed E-state index contributed by atoms with van der Waals surface area (Å²) in [4.78, 5) is 26.7. The summed E-state index contributed by atoms with van der Waals surface area (Å²) in [5, 5.41) is 2.89. The zero-order valence-corrected chi connectivity index (χ0v) is 13.0. The highest BCUT2D eigenvalue weighted by Crippen LogP contribution is 2.30. The number of carbonyl (C=O) groups is 2. The Bertz CT molecular complexity index is 372. The first-order valence-electron chi connectivity index (χ1n) is 7.02. The number of nitrogens with one attached hydrogen (secondary N) is 1. The van der Waals surface area contributed by atoms with E-state index < -0.39 is 6.04 Å². The van der Waals surface area contributed by atoms with Crippen LogP contribution in [0.2, 0.25) is 0 Å². The predicted molar refractivity (Wildman–Crippen MR) is 78.0 cm³/mol. The standard InChI is InChI=1S/C14H24N2O2S/c1-9-12(17)15-11(14(2,3)4)13(18)16(9)10-5-7-19-8-6-10/h9-11H,5-8H2,1-4H3,(H,15,17).